The highest BCUT2D eigenvalue weighted by atomic mass is 16.4. The molecule has 0 bridgehead atoms. The van der Waals surface area contributed by atoms with E-state index in [-0.39, 0.29) is 18.4 Å². The van der Waals surface area contributed by atoms with Gasteiger partial charge >= 0.3 is 5.97 Å². The molecule has 0 aromatic rings. The maximum absolute atomic E-state index is 11.7. The molecular formula is C10H14N2O3. The molecule has 1 N–H and O–H groups in total. The van der Waals surface area contributed by atoms with E-state index < -0.39 is 11.9 Å². The van der Waals surface area contributed by atoms with Crippen LogP contribution in [0.5, 0.6) is 0 Å². The molecule has 1 amide bonds. The summed E-state index contributed by atoms with van der Waals surface area (Å²) in [4.78, 5) is 23.9. The summed E-state index contributed by atoms with van der Waals surface area (Å²) in [7, 11) is 0. The van der Waals surface area contributed by atoms with Crippen molar-refractivity contribution >= 4 is 11.9 Å². The van der Waals surface area contributed by atoms with E-state index in [1.165, 1.54) is 11.8 Å². The lowest BCUT2D eigenvalue weighted by Gasteiger charge is -2.23. The topological polar surface area (TPSA) is 81.4 Å². The molecule has 15 heavy (non-hydrogen) atoms. The molecule has 0 spiro atoms. The van der Waals surface area contributed by atoms with Gasteiger partial charge in [0, 0.05) is 12.6 Å². The fraction of sp³-hybridized carbons (Fsp3) is 0.700. The first-order valence-electron chi connectivity index (χ1n) is 4.98. The Hall–Kier alpha value is -1.57. The van der Waals surface area contributed by atoms with E-state index in [1.807, 2.05) is 6.07 Å². The van der Waals surface area contributed by atoms with Crippen molar-refractivity contribution in [2.75, 3.05) is 6.54 Å². The molecule has 5 nitrogen and oxygen atoms in total. The quantitative estimate of drug-likeness (QED) is 0.674. The van der Waals surface area contributed by atoms with Gasteiger partial charge in [0.25, 0.3) is 0 Å². The number of carboxylic acids is 1. The van der Waals surface area contributed by atoms with Crippen LogP contribution in [0.25, 0.3) is 0 Å². The van der Waals surface area contributed by atoms with Gasteiger partial charge in [-0.05, 0) is 19.8 Å². The van der Waals surface area contributed by atoms with Crippen LogP contribution in [0.4, 0.5) is 0 Å². The Kier molecular flexibility index (Phi) is 3.67. The molecule has 1 fully saturated rings. The van der Waals surface area contributed by atoms with E-state index in [2.05, 4.69) is 0 Å². The van der Waals surface area contributed by atoms with Crippen LogP contribution in [0.15, 0.2) is 0 Å². The predicted octanol–water partition coefficient (Wildman–Crippen LogP) is 0.612. The summed E-state index contributed by atoms with van der Waals surface area (Å²) in [6, 6.07) is 2.12. The summed E-state index contributed by atoms with van der Waals surface area (Å²) in [5.41, 5.74) is 0. The molecule has 0 aliphatic heterocycles. The Labute approximate surface area is 88.3 Å². The minimum atomic E-state index is -1.11. The molecule has 0 saturated heterocycles. The number of carbonyl (C=O) groups excluding carboxylic acids is 1. The summed E-state index contributed by atoms with van der Waals surface area (Å²) < 4.78 is 0. The molecule has 5 heteroatoms. The van der Waals surface area contributed by atoms with Gasteiger partial charge in [0.15, 0.2) is 0 Å². The Balaban J connectivity index is 2.59. The molecule has 0 heterocycles. The summed E-state index contributed by atoms with van der Waals surface area (Å²) in [5.74, 6) is -2.49. The first-order valence-corrected chi connectivity index (χ1v) is 4.98. The Morgan fingerprint density at radius 3 is 2.60 bits per heavy atom. The molecule has 0 radical (unpaired) electrons. The van der Waals surface area contributed by atoms with Crippen molar-refractivity contribution in [3.8, 4) is 6.07 Å². The fourth-order valence-corrected chi connectivity index (χ4v) is 1.38. The van der Waals surface area contributed by atoms with Crippen LogP contribution in [0.2, 0.25) is 0 Å². The number of aliphatic carboxylic acids is 1. The smallest absolute Gasteiger partial charge is 0.315 e. The Morgan fingerprint density at radius 1 is 1.60 bits per heavy atom. The van der Waals surface area contributed by atoms with Crippen molar-refractivity contribution in [2.24, 2.45) is 5.92 Å². The molecule has 1 aliphatic rings. The van der Waals surface area contributed by atoms with Crippen LogP contribution >= 0.6 is 0 Å². The molecule has 82 valence electrons. The van der Waals surface area contributed by atoms with Crippen LogP contribution in [-0.2, 0) is 9.59 Å². The molecule has 1 aliphatic carbocycles. The van der Waals surface area contributed by atoms with E-state index in [4.69, 9.17) is 10.4 Å². The van der Waals surface area contributed by atoms with E-state index in [1.54, 1.807) is 0 Å². The average molecular weight is 210 g/mol. The maximum Gasteiger partial charge on any atom is 0.315 e. The molecule has 1 rings (SSSR count). The third-order valence-corrected chi connectivity index (χ3v) is 2.48. The van der Waals surface area contributed by atoms with Crippen molar-refractivity contribution in [1.82, 2.24) is 4.90 Å². The zero-order chi connectivity index (χ0) is 11.4. The minimum Gasteiger partial charge on any atom is -0.481 e. The molecule has 1 unspecified atom stereocenters. The lowest BCUT2D eigenvalue weighted by molar-refractivity contribution is -0.150. The number of carbonyl (C=O) groups is 2. The Morgan fingerprint density at radius 2 is 2.20 bits per heavy atom. The summed E-state index contributed by atoms with van der Waals surface area (Å²) in [6.07, 6.45) is 2.10. The van der Waals surface area contributed by atoms with Crippen LogP contribution < -0.4 is 0 Å². The van der Waals surface area contributed by atoms with Gasteiger partial charge in [-0.1, -0.05) is 0 Å². The third-order valence-electron chi connectivity index (χ3n) is 2.48. The zero-order valence-electron chi connectivity index (χ0n) is 8.64. The van der Waals surface area contributed by atoms with Crippen LogP contribution in [0, 0.1) is 17.2 Å². The van der Waals surface area contributed by atoms with Gasteiger partial charge in [-0.3, -0.25) is 9.59 Å². The molecule has 0 aromatic heterocycles. The standard InChI is InChI=1S/C10H14N2O3/c1-7(10(14)15)9(13)12(6-2-5-11)8-3-4-8/h7-8H,2-4,6H2,1H3,(H,14,15). The lowest BCUT2D eigenvalue weighted by Crippen LogP contribution is -2.40. The van der Waals surface area contributed by atoms with Gasteiger partial charge in [0.1, 0.15) is 5.92 Å². The van der Waals surface area contributed by atoms with Crippen molar-refractivity contribution in [3.05, 3.63) is 0 Å². The lowest BCUT2D eigenvalue weighted by atomic mass is 10.1. The van der Waals surface area contributed by atoms with Crippen molar-refractivity contribution in [2.45, 2.75) is 32.2 Å². The van der Waals surface area contributed by atoms with Crippen molar-refractivity contribution < 1.29 is 14.7 Å². The maximum atomic E-state index is 11.7. The molecular weight excluding hydrogens is 196 g/mol. The third kappa shape index (κ3) is 2.94. The van der Waals surface area contributed by atoms with Crippen LogP contribution in [0.1, 0.15) is 26.2 Å². The van der Waals surface area contributed by atoms with Crippen LogP contribution in [-0.4, -0.2) is 34.5 Å². The summed E-state index contributed by atoms with van der Waals surface area (Å²) in [5, 5.41) is 17.2. The van der Waals surface area contributed by atoms with E-state index in [9.17, 15) is 9.59 Å². The second kappa shape index (κ2) is 4.78. The van der Waals surface area contributed by atoms with Crippen LogP contribution in [0.3, 0.4) is 0 Å². The van der Waals surface area contributed by atoms with E-state index in [0.29, 0.717) is 6.54 Å². The monoisotopic (exact) mass is 210 g/mol. The van der Waals surface area contributed by atoms with Crippen molar-refractivity contribution in [3.63, 3.8) is 0 Å². The van der Waals surface area contributed by atoms with Crippen molar-refractivity contribution in [1.29, 1.82) is 5.26 Å². The number of nitriles is 1. The average Bonchev–Trinajstić information content (AvgIpc) is 3.00. The highest BCUT2D eigenvalue weighted by Crippen LogP contribution is 2.28. The number of carboxylic acid groups (broad SMARTS) is 1. The largest absolute Gasteiger partial charge is 0.481 e. The highest BCUT2D eigenvalue weighted by Gasteiger charge is 2.36. The number of amides is 1. The number of hydrogen-bond donors (Lipinski definition) is 1. The Bertz CT molecular complexity index is 304. The van der Waals surface area contributed by atoms with Gasteiger partial charge in [-0.2, -0.15) is 5.26 Å². The normalized spacial score (nSPS) is 16.5. The van der Waals surface area contributed by atoms with Gasteiger partial charge in [0.2, 0.25) is 5.91 Å². The highest BCUT2D eigenvalue weighted by molar-refractivity contribution is 5.96. The number of nitrogens with zero attached hydrogens (tertiary/aromatic N) is 2. The van der Waals surface area contributed by atoms with Gasteiger partial charge < -0.3 is 10.0 Å². The van der Waals surface area contributed by atoms with E-state index in [0.717, 1.165) is 12.8 Å². The van der Waals surface area contributed by atoms with Gasteiger partial charge in [-0.25, -0.2) is 0 Å². The summed E-state index contributed by atoms with van der Waals surface area (Å²) >= 11 is 0. The first kappa shape index (κ1) is 11.5. The second-order valence-electron chi connectivity index (χ2n) is 3.73. The second-order valence-corrected chi connectivity index (χ2v) is 3.73. The van der Waals surface area contributed by atoms with E-state index >= 15 is 0 Å². The van der Waals surface area contributed by atoms with Gasteiger partial charge in [0.05, 0.1) is 12.5 Å². The SMILES string of the molecule is CC(C(=O)O)C(=O)N(CCC#N)C1CC1. The first-order chi connectivity index (χ1) is 7.07. The summed E-state index contributed by atoms with van der Waals surface area (Å²) in [6.45, 7) is 1.73. The molecule has 1 atom stereocenters. The number of rotatable bonds is 5. The molecule has 1 saturated carbocycles. The fourth-order valence-electron chi connectivity index (χ4n) is 1.38. The number of hydrogen-bond acceptors (Lipinski definition) is 3. The van der Waals surface area contributed by atoms with Gasteiger partial charge in [-0.15, -0.1) is 0 Å². The minimum absolute atomic E-state index is 0.160. The zero-order valence-corrected chi connectivity index (χ0v) is 8.64. The molecule has 0 aromatic carbocycles. The predicted molar refractivity (Wildman–Crippen MR) is 51.8 cm³/mol.